The Morgan fingerprint density at radius 3 is 2.58 bits per heavy atom. The van der Waals surface area contributed by atoms with E-state index >= 15 is 0 Å². The third kappa shape index (κ3) is 2.32. The van der Waals surface area contributed by atoms with Crippen LogP contribution in [0.3, 0.4) is 0 Å². The van der Waals surface area contributed by atoms with E-state index in [-0.39, 0.29) is 17.2 Å². The van der Waals surface area contributed by atoms with Crippen LogP contribution in [0.1, 0.15) is 18.0 Å². The number of hydrogen-bond donors (Lipinski definition) is 0. The summed E-state index contributed by atoms with van der Waals surface area (Å²) < 4.78 is 33.4. The molecular weight excluding hydrogens is 316 g/mol. The number of rotatable bonds is 3. The molecule has 3 aromatic heterocycles. The van der Waals surface area contributed by atoms with Crippen LogP contribution in [0.2, 0.25) is 0 Å². The summed E-state index contributed by atoms with van der Waals surface area (Å²) in [5.41, 5.74) is 1.57. The van der Waals surface area contributed by atoms with Crippen LogP contribution < -0.4 is 0 Å². The minimum atomic E-state index is -2.70. The van der Waals surface area contributed by atoms with E-state index in [1.807, 2.05) is 18.2 Å². The lowest BCUT2D eigenvalue weighted by molar-refractivity contribution is 0.143. The summed E-state index contributed by atoms with van der Waals surface area (Å²) in [7, 11) is 0. The molecule has 0 spiro atoms. The normalized spacial score (nSPS) is 11.5. The second kappa shape index (κ2) is 5.48. The Hall–Kier alpha value is -3.16. The zero-order valence-electron chi connectivity index (χ0n) is 12.5. The van der Waals surface area contributed by atoms with Gasteiger partial charge in [-0.25, -0.2) is 18.3 Å². The van der Waals surface area contributed by atoms with E-state index in [1.165, 1.54) is 12.3 Å². The summed E-state index contributed by atoms with van der Waals surface area (Å²) in [6.45, 7) is 1.65. The SMILES string of the molecule is Cc1nnc(-c2cnn3c(C(F)F)cc(-c4ccccc4)nc23)o1. The Morgan fingerprint density at radius 1 is 1.12 bits per heavy atom. The van der Waals surface area contributed by atoms with Gasteiger partial charge in [-0.05, 0) is 6.07 Å². The van der Waals surface area contributed by atoms with Gasteiger partial charge in [0.1, 0.15) is 11.3 Å². The maximum atomic E-state index is 13.5. The van der Waals surface area contributed by atoms with E-state index in [2.05, 4.69) is 20.3 Å². The molecular formula is C16H11F2N5O. The second-order valence-corrected chi connectivity index (χ2v) is 5.15. The standard InChI is InChI=1S/C16H11F2N5O/c1-9-21-22-16(24-9)11-8-19-23-13(14(17)18)7-12(20-15(11)23)10-5-3-2-4-6-10/h2-8,14H,1H3. The van der Waals surface area contributed by atoms with Gasteiger partial charge in [-0.3, -0.25) is 0 Å². The Bertz CT molecular complexity index is 1010. The van der Waals surface area contributed by atoms with E-state index in [9.17, 15) is 8.78 Å². The number of aryl methyl sites for hydroxylation is 1. The van der Waals surface area contributed by atoms with Gasteiger partial charge in [0.05, 0.1) is 11.9 Å². The van der Waals surface area contributed by atoms with Crippen molar-refractivity contribution >= 4 is 5.65 Å². The molecule has 0 aliphatic rings. The van der Waals surface area contributed by atoms with Crippen LogP contribution in [-0.2, 0) is 0 Å². The Labute approximate surface area is 134 Å². The number of nitrogens with zero attached hydrogens (tertiary/aromatic N) is 5. The van der Waals surface area contributed by atoms with Gasteiger partial charge < -0.3 is 4.42 Å². The van der Waals surface area contributed by atoms with Gasteiger partial charge in [-0.15, -0.1) is 10.2 Å². The number of hydrogen-bond acceptors (Lipinski definition) is 5. The molecule has 24 heavy (non-hydrogen) atoms. The summed E-state index contributed by atoms with van der Waals surface area (Å²) >= 11 is 0. The topological polar surface area (TPSA) is 69.1 Å². The lowest BCUT2D eigenvalue weighted by Gasteiger charge is -2.08. The molecule has 0 bridgehead atoms. The highest BCUT2D eigenvalue weighted by molar-refractivity contribution is 5.74. The number of benzene rings is 1. The lowest BCUT2D eigenvalue weighted by atomic mass is 10.1. The summed E-state index contributed by atoms with van der Waals surface area (Å²) in [6, 6.07) is 10.4. The highest BCUT2D eigenvalue weighted by atomic mass is 19.3. The van der Waals surface area contributed by atoms with E-state index < -0.39 is 6.43 Å². The molecule has 4 rings (SSSR count). The monoisotopic (exact) mass is 327 g/mol. The Kier molecular flexibility index (Phi) is 3.30. The molecule has 0 aliphatic heterocycles. The maximum absolute atomic E-state index is 13.5. The predicted molar refractivity (Wildman–Crippen MR) is 81.4 cm³/mol. The van der Waals surface area contributed by atoms with Crippen molar-refractivity contribution < 1.29 is 13.2 Å². The molecule has 0 saturated heterocycles. The molecule has 8 heteroatoms. The average Bonchev–Trinajstić information content (AvgIpc) is 3.20. The fourth-order valence-electron chi connectivity index (χ4n) is 2.45. The van der Waals surface area contributed by atoms with Crippen LogP contribution in [0.5, 0.6) is 0 Å². The molecule has 0 amide bonds. The van der Waals surface area contributed by atoms with Crippen LogP contribution in [0, 0.1) is 6.92 Å². The van der Waals surface area contributed by atoms with Gasteiger partial charge in [0.15, 0.2) is 5.65 Å². The largest absolute Gasteiger partial charge is 0.421 e. The second-order valence-electron chi connectivity index (χ2n) is 5.15. The van der Waals surface area contributed by atoms with Crippen LogP contribution >= 0.6 is 0 Å². The smallest absolute Gasteiger partial charge is 0.280 e. The lowest BCUT2D eigenvalue weighted by Crippen LogP contribution is -2.02. The number of alkyl halides is 2. The van der Waals surface area contributed by atoms with E-state index in [4.69, 9.17) is 4.42 Å². The summed E-state index contributed by atoms with van der Waals surface area (Å²) in [5, 5.41) is 11.7. The van der Waals surface area contributed by atoms with Crippen LogP contribution in [0.25, 0.3) is 28.4 Å². The Balaban J connectivity index is 1.99. The Morgan fingerprint density at radius 2 is 1.92 bits per heavy atom. The first kappa shape index (κ1) is 14.4. The first-order valence-electron chi connectivity index (χ1n) is 7.16. The molecule has 0 N–H and O–H groups in total. The van der Waals surface area contributed by atoms with Crippen molar-refractivity contribution in [3.63, 3.8) is 0 Å². The van der Waals surface area contributed by atoms with Crippen molar-refractivity contribution in [1.82, 2.24) is 24.8 Å². The van der Waals surface area contributed by atoms with Gasteiger partial charge in [-0.1, -0.05) is 30.3 Å². The van der Waals surface area contributed by atoms with Crippen molar-refractivity contribution in [2.24, 2.45) is 0 Å². The number of aromatic nitrogens is 5. The molecule has 0 aliphatic carbocycles. The molecule has 120 valence electrons. The first-order valence-corrected chi connectivity index (χ1v) is 7.16. The predicted octanol–water partition coefficient (Wildman–Crippen LogP) is 3.69. The molecule has 6 nitrogen and oxygen atoms in total. The van der Waals surface area contributed by atoms with E-state index in [0.717, 1.165) is 10.1 Å². The molecule has 0 saturated carbocycles. The fraction of sp³-hybridized carbons (Fsp3) is 0.125. The quantitative estimate of drug-likeness (QED) is 0.574. The van der Waals surface area contributed by atoms with Gasteiger partial charge in [0.2, 0.25) is 5.89 Å². The minimum absolute atomic E-state index is 0.195. The zero-order chi connectivity index (χ0) is 16.7. The number of fused-ring (bicyclic) bond motifs is 1. The molecule has 3 heterocycles. The molecule has 1 aromatic carbocycles. The third-order valence-corrected chi connectivity index (χ3v) is 3.55. The molecule has 0 radical (unpaired) electrons. The van der Waals surface area contributed by atoms with Crippen LogP contribution in [0.4, 0.5) is 8.78 Å². The minimum Gasteiger partial charge on any atom is -0.421 e. The zero-order valence-corrected chi connectivity index (χ0v) is 12.5. The summed E-state index contributed by atoms with van der Waals surface area (Å²) in [4.78, 5) is 4.47. The van der Waals surface area contributed by atoms with Crippen molar-refractivity contribution in [2.45, 2.75) is 13.3 Å². The van der Waals surface area contributed by atoms with Gasteiger partial charge in [0.25, 0.3) is 12.3 Å². The van der Waals surface area contributed by atoms with Crippen LogP contribution in [0.15, 0.2) is 47.0 Å². The summed E-state index contributed by atoms with van der Waals surface area (Å²) in [6.07, 6.45) is -1.30. The summed E-state index contributed by atoms with van der Waals surface area (Å²) in [5.74, 6) is 0.568. The highest BCUT2D eigenvalue weighted by Gasteiger charge is 2.21. The van der Waals surface area contributed by atoms with Gasteiger partial charge in [0, 0.05) is 12.5 Å². The molecule has 0 fully saturated rings. The van der Waals surface area contributed by atoms with Crippen molar-refractivity contribution in [3.8, 4) is 22.7 Å². The molecule has 4 aromatic rings. The molecule has 0 unspecified atom stereocenters. The van der Waals surface area contributed by atoms with Gasteiger partial charge in [-0.2, -0.15) is 5.10 Å². The first-order chi connectivity index (χ1) is 11.6. The van der Waals surface area contributed by atoms with Gasteiger partial charge >= 0.3 is 0 Å². The molecule has 0 atom stereocenters. The third-order valence-electron chi connectivity index (χ3n) is 3.55. The maximum Gasteiger partial charge on any atom is 0.280 e. The van der Waals surface area contributed by atoms with Crippen molar-refractivity contribution in [2.75, 3.05) is 0 Å². The van der Waals surface area contributed by atoms with E-state index in [1.54, 1.807) is 19.1 Å². The van der Waals surface area contributed by atoms with Crippen molar-refractivity contribution in [3.05, 3.63) is 54.2 Å². The number of halogens is 2. The highest BCUT2D eigenvalue weighted by Crippen LogP contribution is 2.29. The average molecular weight is 327 g/mol. The van der Waals surface area contributed by atoms with E-state index in [0.29, 0.717) is 17.1 Å². The van der Waals surface area contributed by atoms with Crippen LogP contribution in [-0.4, -0.2) is 24.8 Å². The fourth-order valence-corrected chi connectivity index (χ4v) is 2.45. The van der Waals surface area contributed by atoms with Crippen molar-refractivity contribution in [1.29, 1.82) is 0 Å².